The molecule has 3 aromatic heterocycles. The SMILES string of the molecule is N#Cc1c(-c2ccccc2)c(C#N)n2c1nc(N)c1c(-c3ccccc3)csc12. The molecule has 0 aliphatic rings. The molecule has 2 N–H and O–H groups in total. The van der Waals surface area contributed by atoms with E-state index < -0.39 is 0 Å². The first-order valence-corrected chi connectivity index (χ1v) is 9.78. The summed E-state index contributed by atoms with van der Waals surface area (Å²) in [6.45, 7) is 0. The van der Waals surface area contributed by atoms with Crippen LogP contribution in [0.25, 0.3) is 38.1 Å². The average Bonchev–Trinajstić information content (AvgIpc) is 3.34. The minimum absolute atomic E-state index is 0.353. The number of rotatable bonds is 2. The van der Waals surface area contributed by atoms with E-state index in [1.165, 1.54) is 11.3 Å². The Morgan fingerprint density at radius 1 is 0.897 bits per heavy atom. The molecule has 0 unspecified atom stereocenters. The van der Waals surface area contributed by atoms with Crippen molar-refractivity contribution in [1.82, 2.24) is 9.38 Å². The van der Waals surface area contributed by atoms with Crippen molar-refractivity contribution in [2.75, 3.05) is 5.73 Å². The topological polar surface area (TPSA) is 90.9 Å². The number of thiophene rings is 1. The van der Waals surface area contributed by atoms with Crippen molar-refractivity contribution >= 4 is 33.0 Å². The highest BCUT2D eigenvalue weighted by Gasteiger charge is 2.25. The van der Waals surface area contributed by atoms with Gasteiger partial charge in [0.05, 0.1) is 5.39 Å². The van der Waals surface area contributed by atoms with Crippen LogP contribution in [-0.2, 0) is 0 Å². The molecule has 29 heavy (non-hydrogen) atoms. The maximum absolute atomic E-state index is 10.0. The van der Waals surface area contributed by atoms with E-state index in [1.54, 1.807) is 4.40 Å². The minimum Gasteiger partial charge on any atom is -0.383 e. The van der Waals surface area contributed by atoms with Gasteiger partial charge in [0, 0.05) is 16.5 Å². The third kappa shape index (κ3) is 2.41. The van der Waals surface area contributed by atoms with Crippen LogP contribution in [0, 0.1) is 22.7 Å². The van der Waals surface area contributed by atoms with Crippen molar-refractivity contribution in [2.45, 2.75) is 0 Å². The Hall–Kier alpha value is -4.13. The Bertz CT molecular complexity index is 1470. The smallest absolute Gasteiger partial charge is 0.159 e. The minimum atomic E-state index is 0.353. The predicted octanol–water partition coefficient (Wildman–Crippen LogP) is 5.21. The zero-order valence-corrected chi connectivity index (χ0v) is 15.9. The summed E-state index contributed by atoms with van der Waals surface area (Å²) in [7, 11) is 0. The highest BCUT2D eigenvalue weighted by molar-refractivity contribution is 7.17. The van der Waals surface area contributed by atoms with Crippen molar-refractivity contribution in [3.63, 3.8) is 0 Å². The highest BCUT2D eigenvalue weighted by atomic mass is 32.1. The van der Waals surface area contributed by atoms with Gasteiger partial charge in [0.2, 0.25) is 0 Å². The number of nitrogens with zero attached hydrogens (tertiary/aromatic N) is 4. The number of nitrogen functional groups attached to an aromatic ring is 1. The van der Waals surface area contributed by atoms with Crippen LogP contribution < -0.4 is 5.73 Å². The first-order valence-electron chi connectivity index (χ1n) is 8.90. The van der Waals surface area contributed by atoms with Crippen LogP contribution in [0.2, 0.25) is 0 Å². The summed E-state index contributed by atoms with van der Waals surface area (Å²) in [5.41, 5.74) is 10.9. The van der Waals surface area contributed by atoms with E-state index in [9.17, 15) is 10.5 Å². The number of nitrogens with two attached hydrogens (primary N) is 1. The number of nitriles is 2. The van der Waals surface area contributed by atoms with Crippen molar-refractivity contribution in [3.8, 4) is 34.4 Å². The molecule has 2 aromatic carbocycles. The van der Waals surface area contributed by atoms with Crippen LogP contribution in [0.4, 0.5) is 5.82 Å². The van der Waals surface area contributed by atoms with E-state index in [4.69, 9.17) is 5.73 Å². The van der Waals surface area contributed by atoms with E-state index in [0.717, 1.165) is 26.9 Å². The van der Waals surface area contributed by atoms with Gasteiger partial charge in [-0.3, -0.25) is 4.40 Å². The summed E-state index contributed by atoms with van der Waals surface area (Å²) >= 11 is 1.49. The second kappa shape index (κ2) is 6.49. The lowest BCUT2D eigenvalue weighted by molar-refractivity contribution is 1.18. The van der Waals surface area contributed by atoms with Gasteiger partial charge in [0.15, 0.2) is 5.65 Å². The van der Waals surface area contributed by atoms with E-state index in [1.807, 2.05) is 66.0 Å². The summed E-state index contributed by atoms with van der Waals surface area (Å²) in [6.07, 6.45) is 0. The molecule has 5 nitrogen and oxygen atoms in total. The molecule has 6 heteroatoms. The molecule has 0 atom stereocenters. The summed E-state index contributed by atoms with van der Waals surface area (Å²) in [5.74, 6) is 0.353. The largest absolute Gasteiger partial charge is 0.383 e. The number of anilines is 1. The molecule has 0 amide bonds. The third-order valence-corrected chi connectivity index (χ3v) is 5.93. The van der Waals surface area contributed by atoms with E-state index >= 15 is 0 Å². The number of fused-ring (bicyclic) bond motifs is 3. The molecule has 0 saturated carbocycles. The molecule has 5 aromatic rings. The highest BCUT2D eigenvalue weighted by Crippen LogP contribution is 2.41. The molecular weight excluding hydrogens is 378 g/mol. The normalized spacial score (nSPS) is 10.8. The van der Waals surface area contributed by atoms with E-state index in [-0.39, 0.29) is 0 Å². The molecule has 0 spiro atoms. The number of hydrogen-bond donors (Lipinski definition) is 1. The Morgan fingerprint density at radius 3 is 2.17 bits per heavy atom. The Labute approximate surface area is 170 Å². The van der Waals surface area contributed by atoms with Gasteiger partial charge in [-0.25, -0.2) is 4.98 Å². The maximum atomic E-state index is 10.0. The lowest BCUT2D eigenvalue weighted by Crippen LogP contribution is -1.98. The maximum Gasteiger partial charge on any atom is 0.159 e. The van der Waals surface area contributed by atoms with E-state index in [2.05, 4.69) is 17.1 Å². The van der Waals surface area contributed by atoms with Gasteiger partial charge in [-0.15, -0.1) is 11.3 Å². The quantitative estimate of drug-likeness (QED) is 0.447. The van der Waals surface area contributed by atoms with Crippen LogP contribution in [0.1, 0.15) is 11.3 Å². The number of benzene rings is 2. The Morgan fingerprint density at radius 2 is 1.55 bits per heavy atom. The lowest BCUT2D eigenvalue weighted by Gasteiger charge is -2.05. The van der Waals surface area contributed by atoms with E-state index in [0.29, 0.717) is 28.3 Å². The first-order chi connectivity index (χ1) is 14.2. The second-order valence-electron chi connectivity index (χ2n) is 6.54. The zero-order chi connectivity index (χ0) is 20.0. The zero-order valence-electron chi connectivity index (χ0n) is 15.1. The molecular formula is C23H13N5S. The summed E-state index contributed by atoms with van der Waals surface area (Å²) < 4.78 is 1.77. The fourth-order valence-corrected chi connectivity index (χ4v) is 4.82. The number of aromatic nitrogens is 2. The summed E-state index contributed by atoms with van der Waals surface area (Å²) in [4.78, 5) is 5.37. The summed E-state index contributed by atoms with van der Waals surface area (Å²) in [5, 5.41) is 22.7. The molecule has 0 saturated heterocycles. The molecule has 5 rings (SSSR count). The predicted molar refractivity (Wildman–Crippen MR) is 115 cm³/mol. The fraction of sp³-hybridized carbons (Fsp3) is 0. The molecule has 3 heterocycles. The first kappa shape index (κ1) is 17.0. The standard InChI is InChI=1S/C23H13N5S/c24-11-16-19(15-9-5-2-6-10-15)18(12-25)28-22(16)27-21(26)20-17(13-29-23(20)28)14-7-3-1-4-8-14/h1-10,13H,(H2,26,27). The van der Waals surface area contributed by atoms with Gasteiger partial charge in [0.25, 0.3) is 0 Å². The molecule has 0 aliphatic carbocycles. The number of hydrogen-bond acceptors (Lipinski definition) is 5. The van der Waals surface area contributed by atoms with Crippen LogP contribution in [0.3, 0.4) is 0 Å². The van der Waals surface area contributed by atoms with Gasteiger partial charge in [-0.05, 0) is 11.1 Å². The van der Waals surface area contributed by atoms with Crippen molar-refractivity contribution in [3.05, 3.63) is 77.3 Å². The molecule has 136 valence electrons. The van der Waals surface area contributed by atoms with Crippen LogP contribution >= 0.6 is 11.3 Å². The van der Waals surface area contributed by atoms with Crippen LogP contribution in [-0.4, -0.2) is 9.38 Å². The second-order valence-corrected chi connectivity index (χ2v) is 7.40. The van der Waals surface area contributed by atoms with Gasteiger partial charge in [-0.2, -0.15) is 10.5 Å². The van der Waals surface area contributed by atoms with Crippen molar-refractivity contribution in [2.24, 2.45) is 0 Å². The monoisotopic (exact) mass is 391 g/mol. The van der Waals surface area contributed by atoms with Gasteiger partial charge in [0.1, 0.15) is 34.0 Å². The van der Waals surface area contributed by atoms with Crippen molar-refractivity contribution in [1.29, 1.82) is 10.5 Å². The molecule has 0 radical (unpaired) electrons. The average molecular weight is 391 g/mol. The van der Waals surface area contributed by atoms with Gasteiger partial charge < -0.3 is 5.73 Å². The lowest BCUT2D eigenvalue weighted by atomic mass is 10.0. The van der Waals surface area contributed by atoms with Crippen LogP contribution in [0.5, 0.6) is 0 Å². The Kier molecular flexibility index (Phi) is 3.80. The third-order valence-electron chi connectivity index (χ3n) is 4.97. The van der Waals surface area contributed by atoms with Gasteiger partial charge >= 0.3 is 0 Å². The fourth-order valence-electron chi connectivity index (χ4n) is 3.72. The van der Waals surface area contributed by atoms with Crippen LogP contribution in [0.15, 0.2) is 66.0 Å². The Balaban J connectivity index is 1.95. The molecule has 0 fully saturated rings. The summed E-state index contributed by atoms with van der Waals surface area (Å²) in [6, 6.07) is 23.9. The van der Waals surface area contributed by atoms with Gasteiger partial charge in [-0.1, -0.05) is 60.7 Å². The molecule has 0 aliphatic heterocycles. The van der Waals surface area contributed by atoms with Crippen molar-refractivity contribution < 1.29 is 0 Å². The molecule has 0 bridgehead atoms.